The summed E-state index contributed by atoms with van der Waals surface area (Å²) in [6.45, 7) is 1.34. The average molecular weight is 470 g/mol. The quantitative estimate of drug-likeness (QED) is 0.534. The molecule has 0 aliphatic carbocycles. The molecule has 0 spiro atoms. The molecule has 8 nitrogen and oxygen atoms in total. The zero-order valence-corrected chi connectivity index (χ0v) is 17.6. The van der Waals surface area contributed by atoms with E-state index in [0.717, 1.165) is 15.2 Å². The average Bonchev–Trinajstić information content (AvgIpc) is 2.73. The molecule has 0 radical (unpaired) electrons. The third-order valence-electron chi connectivity index (χ3n) is 5.08. The van der Waals surface area contributed by atoms with E-state index in [1.807, 2.05) is 24.3 Å². The molecule has 0 unspecified atom stereocenters. The first kappa shape index (κ1) is 20.1. The number of pyridine rings is 2. The number of rotatable bonds is 4. The number of carbonyl (C=O) groups is 2. The van der Waals surface area contributed by atoms with E-state index in [4.69, 9.17) is 5.11 Å². The van der Waals surface area contributed by atoms with Crippen molar-refractivity contribution in [1.82, 2.24) is 15.3 Å². The number of benzene rings is 1. The van der Waals surface area contributed by atoms with Crippen LogP contribution in [0.25, 0.3) is 10.8 Å². The van der Waals surface area contributed by atoms with Crippen LogP contribution in [0.5, 0.6) is 0 Å². The van der Waals surface area contributed by atoms with Crippen molar-refractivity contribution in [1.29, 1.82) is 0 Å². The van der Waals surface area contributed by atoms with Crippen LogP contribution in [0, 0.1) is 0 Å². The lowest BCUT2D eigenvalue weighted by Crippen LogP contribution is -2.44. The van der Waals surface area contributed by atoms with Crippen LogP contribution in [-0.4, -0.2) is 46.2 Å². The lowest BCUT2D eigenvalue weighted by molar-refractivity contribution is 0.102. The summed E-state index contributed by atoms with van der Waals surface area (Å²) in [7, 11) is 0. The van der Waals surface area contributed by atoms with Gasteiger partial charge in [0.05, 0.1) is 0 Å². The van der Waals surface area contributed by atoms with E-state index in [-0.39, 0.29) is 11.9 Å². The number of halogens is 1. The van der Waals surface area contributed by atoms with E-state index in [1.165, 1.54) is 0 Å². The number of nitrogens with zero attached hydrogens (tertiary/aromatic N) is 3. The topological polar surface area (TPSA) is 107 Å². The fourth-order valence-electron chi connectivity index (χ4n) is 3.53. The second-order valence-corrected chi connectivity index (χ2v) is 8.04. The minimum atomic E-state index is -1.00. The Morgan fingerprint density at radius 1 is 1.07 bits per heavy atom. The van der Waals surface area contributed by atoms with Crippen molar-refractivity contribution in [2.24, 2.45) is 0 Å². The fraction of sp³-hybridized carbons (Fsp3) is 0.238. The van der Waals surface area contributed by atoms with Crippen molar-refractivity contribution in [3.05, 3.63) is 58.8 Å². The molecule has 2 amide bonds. The standard InChI is InChI=1S/C21H20BrN5O3/c22-16-2-1-14-12-24-18(10-15(14)9-16)26-20(28)13-3-6-23-19(11-13)27-7-4-17(5-8-27)25-21(29)30/h1-3,6,9-12,17,25H,4-5,7-8H2,(H,29,30)(H,24,26,28). The van der Waals surface area contributed by atoms with Crippen LogP contribution in [0.4, 0.5) is 16.4 Å². The summed E-state index contributed by atoms with van der Waals surface area (Å²) in [5.41, 5.74) is 0.488. The van der Waals surface area contributed by atoms with Gasteiger partial charge in [0.15, 0.2) is 0 Å². The van der Waals surface area contributed by atoms with E-state index in [1.54, 1.807) is 24.5 Å². The normalized spacial score (nSPS) is 14.5. The Labute approximate surface area is 181 Å². The number of aromatic nitrogens is 2. The Balaban J connectivity index is 1.45. The lowest BCUT2D eigenvalue weighted by Gasteiger charge is -2.32. The minimum absolute atomic E-state index is 0.0516. The molecule has 2 aromatic heterocycles. The molecule has 3 heterocycles. The van der Waals surface area contributed by atoms with Gasteiger partial charge in [0.25, 0.3) is 5.91 Å². The maximum atomic E-state index is 12.7. The van der Waals surface area contributed by atoms with E-state index in [2.05, 4.69) is 41.4 Å². The van der Waals surface area contributed by atoms with Crippen LogP contribution in [0.1, 0.15) is 23.2 Å². The molecule has 1 saturated heterocycles. The fourth-order valence-corrected chi connectivity index (χ4v) is 3.91. The molecule has 1 aromatic carbocycles. The van der Waals surface area contributed by atoms with Gasteiger partial charge in [0.2, 0.25) is 0 Å². The van der Waals surface area contributed by atoms with Crippen molar-refractivity contribution in [3.63, 3.8) is 0 Å². The van der Waals surface area contributed by atoms with E-state index in [9.17, 15) is 9.59 Å². The zero-order valence-electron chi connectivity index (χ0n) is 16.0. The Bertz CT molecular complexity index is 1100. The zero-order chi connectivity index (χ0) is 21.1. The number of piperidine rings is 1. The Morgan fingerprint density at radius 3 is 2.63 bits per heavy atom. The summed E-state index contributed by atoms with van der Waals surface area (Å²) in [6.07, 6.45) is 3.73. The Morgan fingerprint density at radius 2 is 1.87 bits per heavy atom. The number of fused-ring (bicyclic) bond motifs is 1. The largest absolute Gasteiger partial charge is 0.465 e. The van der Waals surface area contributed by atoms with E-state index >= 15 is 0 Å². The van der Waals surface area contributed by atoms with Crippen LogP contribution in [0.15, 0.2) is 53.3 Å². The highest BCUT2D eigenvalue weighted by Gasteiger charge is 2.22. The Kier molecular flexibility index (Phi) is 5.80. The van der Waals surface area contributed by atoms with Crippen molar-refractivity contribution in [2.75, 3.05) is 23.3 Å². The number of hydrogen-bond acceptors (Lipinski definition) is 5. The first-order valence-corrected chi connectivity index (χ1v) is 10.3. The van der Waals surface area contributed by atoms with Gasteiger partial charge in [0, 0.05) is 46.9 Å². The molecule has 3 aromatic rings. The van der Waals surface area contributed by atoms with Crippen LogP contribution in [0.3, 0.4) is 0 Å². The molecular formula is C21H20BrN5O3. The highest BCUT2D eigenvalue weighted by Crippen LogP contribution is 2.22. The highest BCUT2D eigenvalue weighted by atomic mass is 79.9. The summed E-state index contributed by atoms with van der Waals surface area (Å²) in [6, 6.07) is 11.1. The molecule has 1 aliphatic heterocycles. The molecular weight excluding hydrogens is 450 g/mol. The minimum Gasteiger partial charge on any atom is -0.465 e. The predicted molar refractivity (Wildman–Crippen MR) is 118 cm³/mol. The molecule has 9 heteroatoms. The van der Waals surface area contributed by atoms with Crippen LogP contribution >= 0.6 is 15.9 Å². The predicted octanol–water partition coefficient (Wildman–Crippen LogP) is 3.88. The summed E-state index contributed by atoms with van der Waals surface area (Å²) in [5, 5.41) is 16.2. The van der Waals surface area contributed by atoms with Gasteiger partial charge in [-0.05, 0) is 48.6 Å². The molecule has 154 valence electrons. The molecule has 1 fully saturated rings. The number of anilines is 2. The molecule has 0 bridgehead atoms. The van der Waals surface area contributed by atoms with Crippen molar-refractivity contribution >= 4 is 50.3 Å². The Hall–Kier alpha value is -3.20. The van der Waals surface area contributed by atoms with Crippen molar-refractivity contribution in [3.8, 4) is 0 Å². The number of hydrogen-bond donors (Lipinski definition) is 3. The molecule has 1 aliphatic rings. The van der Waals surface area contributed by atoms with Gasteiger partial charge >= 0.3 is 6.09 Å². The second kappa shape index (κ2) is 8.66. The molecule has 0 atom stereocenters. The third-order valence-corrected chi connectivity index (χ3v) is 5.57. The molecule has 30 heavy (non-hydrogen) atoms. The van der Waals surface area contributed by atoms with E-state index < -0.39 is 6.09 Å². The van der Waals surface area contributed by atoms with Gasteiger partial charge in [-0.3, -0.25) is 4.79 Å². The summed E-state index contributed by atoms with van der Waals surface area (Å²) in [4.78, 5) is 34.3. The van der Waals surface area contributed by atoms with Gasteiger partial charge < -0.3 is 20.6 Å². The molecule has 0 saturated carbocycles. The number of amides is 2. The monoisotopic (exact) mass is 469 g/mol. The maximum Gasteiger partial charge on any atom is 0.404 e. The molecule has 3 N–H and O–H groups in total. The maximum absolute atomic E-state index is 12.7. The number of carbonyl (C=O) groups excluding carboxylic acids is 1. The van der Waals surface area contributed by atoms with Crippen LogP contribution in [0.2, 0.25) is 0 Å². The van der Waals surface area contributed by atoms with Gasteiger partial charge in [-0.1, -0.05) is 22.0 Å². The number of carboxylic acid groups (broad SMARTS) is 1. The van der Waals surface area contributed by atoms with Gasteiger partial charge in [0.1, 0.15) is 11.6 Å². The summed E-state index contributed by atoms with van der Waals surface area (Å²) < 4.78 is 0.958. The van der Waals surface area contributed by atoms with Gasteiger partial charge in [-0.2, -0.15) is 0 Å². The van der Waals surface area contributed by atoms with Crippen molar-refractivity contribution < 1.29 is 14.7 Å². The summed E-state index contributed by atoms with van der Waals surface area (Å²) in [5.74, 6) is 0.916. The number of nitrogens with one attached hydrogen (secondary N) is 2. The van der Waals surface area contributed by atoms with Crippen LogP contribution in [-0.2, 0) is 0 Å². The smallest absolute Gasteiger partial charge is 0.404 e. The molecule has 4 rings (SSSR count). The van der Waals surface area contributed by atoms with Gasteiger partial charge in [-0.15, -0.1) is 0 Å². The van der Waals surface area contributed by atoms with Crippen LogP contribution < -0.4 is 15.5 Å². The van der Waals surface area contributed by atoms with Gasteiger partial charge in [-0.25, -0.2) is 14.8 Å². The SMILES string of the molecule is O=C(O)NC1CCN(c2cc(C(=O)Nc3cc4cc(Br)ccc4cn3)ccn2)CC1. The lowest BCUT2D eigenvalue weighted by atomic mass is 10.1. The van der Waals surface area contributed by atoms with Crippen molar-refractivity contribution in [2.45, 2.75) is 18.9 Å². The third kappa shape index (κ3) is 4.68. The second-order valence-electron chi connectivity index (χ2n) is 7.13. The summed E-state index contributed by atoms with van der Waals surface area (Å²) >= 11 is 3.45. The highest BCUT2D eigenvalue weighted by molar-refractivity contribution is 9.10. The van der Waals surface area contributed by atoms with E-state index in [0.29, 0.717) is 43.1 Å². The first-order chi connectivity index (χ1) is 14.5. The first-order valence-electron chi connectivity index (χ1n) is 9.55.